The Hall–Kier alpha value is -3.93. The van der Waals surface area contributed by atoms with Gasteiger partial charge in [-0.15, -0.1) is 0 Å². The highest BCUT2D eigenvalue weighted by molar-refractivity contribution is 6.12. The van der Waals surface area contributed by atoms with E-state index in [0.29, 0.717) is 11.2 Å². The van der Waals surface area contributed by atoms with Crippen LogP contribution in [-0.2, 0) is 4.74 Å². The van der Waals surface area contributed by atoms with E-state index in [4.69, 9.17) is 4.74 Å². The monoisotopic (exact) mass is 386 g/mol. The van der Waals surface area contributed by atoms with Crippen molar-refractivity contribution in [1.29, 1.82) is 0 Å². The highest BCUT2D eigenvalue weighted by Gasteiger charge is 2.23. The van der Waals surface area contributed by atoms with Gasteiger partial charge in [-0.2, -0.15) is 0 Å². The summed E-state index contributed by atoms with van der Waals surface area (Å²) in [5.41, 5.74) is 2.70. The molecular weight excluding hydrogens is 368 g/mol. The third kappa shape index (κ3) is 3.36. The highest BCUT2D eigenvalue weighted by Crippen LogP contribution is 2.27. The molecule has 0 spiro atoms. The molecule has 0 saturated heterocycles. The molecule has 4 aromatic rings. The SMILES string of the molecule is CCOC(=O)c1cc(C(=O)c2ccccc2O)n2cnc(-c3ccccc3)cc12. The number of ketones is 1. The van der Waals surface area contributed by atoms with Crippen molar-refractivity contribution in [2.75, 3.05) is 6.61 Å². The molecule has 2 aromatic heterocycles. The zero-order valence-corrected chi connectivity index (χ0v) is 15.7. The van der Waals surface area contributed by atoms with Crippen LogP contribution in [0.2, 0.25) is 0 Å². The number of benzene rings is 2. The summed E-state index contributed by atoms with van der Waals surface area (Å²) in [6.07, 6.45) is 1.51. The summed E-state index contributed by atoms with van der Waals surface area (Å²) < 4.78 is 6.72. The average molecular weight is 386 g/mol. The number of para-hydroxylation sites is 1. The predicted molar refractivity (Wildman–Crippen MR) is 108 cm³/mol. The fraction of sp³-hybridized carbons (Fsp3) is 0.0870. The maximum atomic E-state index is 13.1. The van der Waals surface area contributed by atoms with E-state index in [9.17, 15) is 14.7 Å². The number of rotatable bonds is 5. The molecule has 0 aliphatic carbocycles. The summed E-state index contributed by atoms with van der Waals surface area (Å²) in [5.74, 6) is -1.06. The van der Waals surface area contributed by atoms with Crippen molar-refractivity contribution in [3.63, 3.8) is 0 Å². The third-order valence-corrected chi connectivity index (χ3v) is 4.61. The molecule has 1 N–H and O–H groups in total. The number of fused-ring (bicyclic) bond motifs is 1. The van der Waals surface area contributed by atoms with Gasteiger partial charge in [-0.1, -0.05) is 42.5 Å². The van der Waals surface area contributed by atoms with E-state index in [1.165, 1.54) is 24.5 Å². The van der Waals surface area contributed by atoms with E-state index < -0.39 is 11.8 Å². The first-order valence-electron chi connectivity index (χ1n) is 9.16. The first kappa shape index (κ1) is 18.4. The Morgan fingerprint density at radius 3 is 2.45 bits per heavy atom. The number of aromatic nitrogens is 2. The number of carbonyl (C=O) groups is 2. The standard InChI is InChI=1S/C23H18N2O4/c1-2-29-23(28)17-12-20(22(27)16-10-6-7-11-21(16)26)25-14-24-18(13-19(17)25)15-8-4-3-5-9-15/h3-14,26H,2H2,1H3. The molecular formula is C23H18N2O4. The molecule has 2 heterocycles. The van der Waals surface area contributed by atoms with Crippen LogP contribution in [0.3, 0.4) is 0 Å². The van der Waals surface area contributed by atoms with Crippen LogP contribution in [-0.4, -0.2) is 32.9 Å². The predicted octanol–water partition coefficient (Wildman–Crippen LogP) is 4.11. The molecule has 0 aliphatic heterocycles. The number of hydrogen-bond acceptors (Lipinski definition) is 5. The molecule has 144 valence electrons. The summed E-state index contributed by atoms with van der Waals surface area (Å²) in [6, 6.07) is 19.1. The van der Waals surface area contributed by atoms with Gasteiger partial charge in [0.2, 0.25) is 5.78 Å². The molecule has 0 saturated carbocycles. The minimum Gasteiger partial charge on any atom is -0.507 e. The van der Waals surface area contributed by atoms with Gasteiger partial charge in [-0.05, 0) is 31.2 Å². The van der Waals surface area contributed by atoms with Crippen molar-refractivity contribution >= 4 is 17.3 Å². The second-order valence-corrected chi connectivity index (χ2v) is 6.41. The van der Waals surface area contributed by atoms with E-state index in [1.54, 1.807) is 29.5 Å². The van der Waals surface area contributed by atoms with Crippen LogP contribution < -0.4 is 0 Å². The van der Waals surface area contributed by atoms with Crippen LogP contribution in [0, 0.1) is 0 Å². The number of carbonyl (C=O) groups excluding carboxylic acids is 2. The summed E-state index contributed by atoms with van der Waals surface area (Å²) >= 11 is 0. The Labute approximate surface area is 167 Å². The van der Waals surface area contributed by atoms with E-state index in [0.717, 1.165) is 5.56 Å². The number of hydrogen-bond donors (Lipinski definition) is 1. The van der Waals surface area contributed by atoms with Gasteiger partial charge in [0, 0.05) is 5.56 Å². The van der Waals surface area contributed by atoms with Gasteiger partial charge in [0.25, 0.3) is 0 Å². The van der Waals surface area contributed by atoms with E-state index in [-0.39, 0.29) is 29.2 Å². The Bertz CT molecular complexity index is 1210. The Balaban J connectivity index is 1.91. The number of phenolic OH excluding ortho intramolecular Hbond substituents is 1. The van der Waals surface area contributed by atoms with E-state index >= 15 is 0 Å². The number of nitrogens with zero attached hydrogens (tertiary/aromatic N) is 2. The van der Waals surface area contributed by atoms with Gasteiger partial charge < -0.3 is 9.84 Å². The van der Waals surface area contributed by atoms with Crippen LogP contribution in [0.15, 0.2) is 73.1 Å². The van der Waals surface area contributed by atoms with E-state index in [1.807, 2.05) is 30.3 Å². The summed E-state index contributed by atoms with van der Waals surface area (Å²) in [4.78, 5) is 30.0. The lowest BCUT2D eigenvalue weighted by Crippen LogP contribution is -2.06. The molecule has 0 aliphatic rings. The lowest BCUT2D eigenvalue weighted by Gasteiger charge is -2.06. The van der Waals surface area contributed by atoms with Crippen LogP contribution in [0.25, 0.3) is 16.8 Å². The van der Waals surface area contributed by atoms with Crippen molar-refractivity contribution in [3.05, 3.63) is 89.9 Å². The van der Waals surface area contributed by atoms with Crippen LogP contribution in [0.1, 0.15) is 33.3 Å². The van der Waals surface area contributed by atoms with Gasteiger partial charge in [0.15, 0.2) is 0 Å². The van der Waals surface area contributed by atoms with Crippen LogP contribution in [0.4, 0.5) is 0 Å². The molecule has 6 nitrogen and oxygen atoms in total. The highest BCUT2D eigenvalue weighted by atomic mass is 16.5. The second-order valence-electron chi connectivity index (χ2n) is 6.41. The minimum absolute atomic E-state index is 0.126. The van der Waals surface area contributed by atoms with Crippen molar-refractivity contribution in [3.8, 4) is 17.0 Å². The molecule has 0 bridgehead atoms. The quantitative estimate of drug-likeness (QED) is 0.412. The molecule has 6 heteroatoms. The molecule has 0 amide bonds. The van der Waals surface area contributed by atoms with Crippen LogP contribution >= 0.6 is 0 Å². The first-order chi connectivity index (χ1) is 14.1. The van der Waals surface area contributed by atoms with Gasteiger partial charge in [-0.25, -0.2) is 9.78 Å². The summed E-state index contributed by atoms with van der Waals surface area (Å²) in [5, 5.41) is 10.1. The van der Waals surface area contributed by atoms with E-state index in [2.05, 4.69) is 4.98 Å². The van der Waals surface area contributed by atoms with Gasteiger partial charge in [0.1, 0.15) is 12.1 Å². The Kier molecular flexibility index (Phi) is 4.83. The Morgan fingerprint density at radius 1 is 1.00 bits per heavy atom. The average Bonchev–Trinajstić information content (AvgIpc) is 3.13. The minimum atomic E-state index is -0.522. The maximum absolute atomic E-state index is 13.1. The molecule has 0 atom stereocenters. The first-order valence-corrected chi connectivity index (χ1v) is 9.16. The topological polar surface area (TPSA) is 80.9 Å². The van der Waals surface area contributed by atoms with Crippen LogP contribution in [0.5, 0.6) is 5.75 Å². The fourth-order valence-electron chi connectivity index (χ4n) is 3.22. The van der Waals surface area contributed by atoms with Gasteiger partial charge in [-0.3, -0.25) is 9.20 Å². The summed E-state index contributed by atoms with van der Waals surface area (Å²) in [6.45, 7) is 1.94. The smallest absolute Gasteiger partial charge is 0.340 e. The lowest BCUT2D eigenvalue weighted by atomic mass is 10.1. The number of aromatic hydroxyl groups is 1. The normalized spacial score (nSPS) is 10.8. The molecule has 2 aromatic carbocycles. The number of esters is 1. The lowest BCUT2D eigenvalue weighted by molar-refractivity contribution is 0.0529. The Morgan fingerprint density at radius 2 is 1.72 bits per heavy atom. The second kappa shape index (κ2) is 7.59. The van der Waals surface area contributed by atoms with Crippen molar-refractivity contribution in [2.45, 2.75) is 6.92 Å². The molecule has 4 rings (SSSR count). The number of ether oxygens (including phenoxy) is 1. The molecule has 0 fully saturated rings. The zero-order chi connectivity index (χ0) is 20.4. The maximum Gasteiger partial charge on any atom is 0.340 e. The van der Waals surface area contributed by atoms with Crippen molar-refractivity contribution < 1.29 is 19.4 Å². The van der Waals surface area contributed by atoms with Gasteiger partial charge >= 0.3 is 5.97 Å². The van der Waals surface area contributed by atoms with Crippen molar-refractivity contribution in [2.24, 2.45) is 0 Å². The van der Waals surface area contributed by atoms with Gasteiger partial charge in [0.05, 0.1) is 34.6 Å². The molecule has 0 radical (unpaired) electrons. The summed E-state index contributed by atoms with van der Waals surface area (Å²) in [7, 11) is 0. The van der Waals surface area contributed by atoms with Crippen molar-refractivity contribution in [1.82, 2.24) is 9.38 Å². The largest absolute Gasteiger partial charge is 0.507 e. The fourth-order valence-corrected chi connectivity index (χ4v) is 3.22. The number of phenols is 1. The molecule has 0 unspecified atom stereocenters. The molecule has 29 heavy (non-hydrogen) atoms. The third-order valence-electron chi connectivity index (χ3n) is 4.61. The zero-order valence-electron chi connectivity index (χ0n) is 15.7.